The zero-order valence-electron chi connectivity index (χ0n) is 17.9. The van der Waals surface area contributed by atoms with Crippen LogP contribution in [-0.2, 0) is 20.5 Å². The molecule has 160 valence electrons. The van der Waals surface area contributed by atoms with E-state index < -0.39 is 17.5 Å². The molecule has 1 atom stereocenters. The van der Waals surface area contributed by atoms with Gasteiger partial charge in [0, 0.05) is 34.9 Å². The number of carbonyl (C=O) groups is 3. The first-order chi connectivity index (χ1) is 14.6. The van der Waals surface area contributed by atoms with Gasteiger partial charge in [0.2, 0.25) is 0 Å². The molecule has 1 N–H and O–H groups in total. The summed E-state index contributed by atoms with van der Waals surface area (Å²) in [5.74, 6) is -0.777. The number of para-hydroxylation sites is 1. The zero-order valence-corrected chi connectivity index (χ0v) is 18.7. The molecule has 0 saturated carbocycles. The Bertz CT molecular complexity index is 1120. The van der Waals surface area contributed by atoms with E-state index in [1.807, 2.05) is 36.2 Å². The van der Waals surface area contributed by atoms with Gasteiger partial charge in [-0.3, -0.25) is 14.5 Å². The normalized spacial score (nSPS) is 23.3. The molecular weight excluding hydrogens is 414 g/mol. The number of anilines is 1. The van der Waals surface area contributed by atoms with Crippen LogP contribution < -0.4 is 10.2 Å². The van der Waals surface area contributed by atoms with E-state index in [1.165, 1.54) is 0 Å². The molecule has 0 bridgehead atoms. The van der Waals surface area contributed by atoms with Gasteiger partial charge in [0.1, 0.15) is 5.54 Å². The minimum absolute atomic E-state index is 0.313. The average molecular weight is 438 g/mol. The van der Waals surface area contributed by atoms with E-state index in [-0.39, 0.29) is 17.7 Å². The lowest BCUT2D eigenvalue weighted by Gasteiger charge is -2.24. The van der Waals surface area contributed by atoms with Crippen LogP contribution in [0.1, 0.15) is 31.9 Å². The average Bonchev–Trinajstić information content (AvgIpc) is 3.06. The molecule has 0 radical (unpaired) electrons. The van der Waals surface area contributed by atoms with E-state index in [0.29, 0.717) is 10.6 Å². The van der Waals surface area contributed by atoms with Crippen molar-refractivity contribution in [2.75, 3.05) is 18.5 Å². The number of halogens is 1. The van der Waals surface area contributed by atoms with E-state index in [4.69, 9.17) is 11.6 Å². The topological polar surface area (TPSA) is 69.7 Å². The second-order valence-corrected chi connectivity index (χ2v) is 9.09. The Morgan fingerprint density at radius 1 is 1.06 bits per heavy atom. The third-order valence-corrected chi connectivity index (χ3v) is 6.50. The molecule has 0 aliphatic carbocycles. The summed E-state index contributed by atoms with van der Waals surface area (Å²) in [4.78, 5) is 41.5. The fourth-order valence-corrected chi connectivity index (χ4v) is 4.56. The smallest absolute Gasteiger partial charge is 0.325 e. The Labute approximate surface area is 186 Å². The zero-order chi connectivity index (χ0) is 22.6. The molecule has 2 aromatic rings. The summed E-state index contributed by atoms with van der Waals surface area (Å²) in [6.45, 7) is 5.42. The minimum atomic E-state index is -1.24. The summed E-state index contributed by atoms with van der Waals surface area (Å²) >= 11 is 5.94. The number of hydrogen-bond donors (Lipinski definition) is 1. The number of hydrogen-bond acceptors (Lipinski definition) is 4. The second-order valence-electron chi connectivity index (χ2n) is 8.65. The van der Waals surface area contributed by atoms with Crippen LogP contribution in [0.5, 0.6) is 0 Å². The molecule has 31 heavy (non-hydrogen) atoms. The number of nitrogens with one attached hydrogen (secondary N) is 1. The lowest BCUT2D eigenvalue weighted by molar-refractivity contribution is -0.133. The molecule has 2 aliphatic rings. The fourth-order valence-electron chi connectivity index (χ4n) is 4.43. The first-order valence-electron chi connectivity index (χ1n) is 10.0. The van der Waals surface area contributed by atoms with Crippen molar-refractivity contribution in [1.29, 1.82) is 0 Å². The highest BCUT2D eigenvalue weighted by molar-refractivity contribution is 6.30. The number of fused-ring (bicyclic) bond motifs is 1. The van der Waals surface area contributed by atoms with Crippen LogP contribution in [0.25, 0.3) is 0 Å². The van der Waals surface area contributed by atoms with Gasteiger partial charge in [0.15, 0.2) is 5.78 Å². The summed E-state index contributed by atoms with van der Waals surface area (Å²) in [7, 11) is 1.91. The third-order valence-electron chi connectivity index (χ3n) is 6.25. The number of benzene rings is 2. The van der Waals surface area contributed by atoms with Crippen molar-refractivity contribution >= 4 is 35.0 Å². The van der Waals surface area contributed by atoms with Crippen LogP contribution in [0.2, 0.25) is 5.02 Å². The Morgan fingerprint density at radius 2 is 1.71 bits per heavy atom. The maximum atomic E-state index is 13.1. The van der Waals surface area contributed by atoms with Crippen LogP contribution in [0.15, 0.2) is 60.3 Å². The van der Waals surface area contributed by atoms with Crippen LogP contribution >= 0.6 is 11.6 Å². The molecule has 1 unspecified atom stereocenters. The largest absolute Gasteiger partial charge is 0.347 e. The Morgan fingerprint density at radius 3 is 2.35 bits per heavy atom. The summed E-state index contributed by atoms with van der Waals surface area (Å²) in [5.41, 5.74) is 1.99. The van der Waals surface area contributed by atoms with Gasteiger partial charge in [-0.2, -0.15) is 0 Å². The van der Waals surface area contributed by atoms with Crippen molar-refractivity contribution in [3.63, 3.8) is 0 Å². The Kier molecular flexibility index (Phi) is 4.93. The molecule has 6 nitrogen and oxygen atoms in total. The van der Waals surface area contributed by atoms with E-state index in [1.54, 1.807) is 37.3 Å². The lowest BCUT2D eigenvalue weighted by Crippen LogP contribution is -2.41. The van der Waals surface area contributed by atoms with Crippen LogP contribution in [0, 0.1) is 0 Å². The molecule has 1 fully saturated rings. The molecule has 2 aromatic carbocycles. The summed E-state index contributed by atoms with van der Waals surface area (Å²) < 4.78 is 0. The maximum absolute atomic E-state index is 13.1. The molecule has 0 spiro atoms. The number of imide groups is 1. The summed E-state index contributed by atoms with van der Waals surface area (Å²) in [6, 6.07) is 14.1. The highest BCUT2D eigenvalue weighted by Crippen LogP contribution is 2.46. The number of likely N-dealkylation sites (N-methyl/N-ethyl adjacent to an activating group) is 1. The van der Waals surface area contributed by atoms with Crippen molar-refractivity contribution in [1.82, 2.24) is 10.2 Å². The predicted octanol–water partition coefficient (Wildman–Crippen LogP) is 3.99. The van der Waals surface area contributed by atoms with Gasteiger partial charge in [-0.1, -0.05) is 55.8 Å². The monoisotopic (exact) mass is 437 g/mol. The second kappa shape index (κ2) is 7.24. The quantitative estimate of drug-likeness (QED) is 0.580. The SMILES string of the molecule is CN1C(=CC(=O)CN2C(=O)NC(C)(c3ccc(Cl)cc3)C2=O)C(C)(C)c2ccccc21. The predicted molar refractivity (Wildman–Crippen MR) is 120 cm³/mol. The van der Waals surface area contributed by atoms with E-state index in [2.05, 4.69) is 19.2 Å². The number of carbonyl (C=O) groups excluding carboxylic acids is 3. The minimum Gasteiger partial charge on any atom is -0.347 e. The highest BCUT2D eigenvalue weighted by Gasteiger charge is 2.49. The van der Waals surface area contributed by atoms with Gasteiger partial charge >= 0.3 is 6.03 Å². The summed E-state index contributed by atoms with van der Waals surface area (Å²) in [6.07, 6.45) is 1.54. The van der Waals surface area contributed by atoms with Gasteiger partial charge in [-0.15, -0.1) is 0 Å². The van der Waals surface area contributed by atoms with Crippen molar-refractivity contribution in [2.45, 2.75) is 31.7 Å². The van der Waals surface area contributed by atoms with Crippen molar-refractivity contribution < 1.29 is 14.4 Å². The molecule has 0 aromatic heterocycles. The summed E-state index contributed by atoms with van der Waals surface area (Å²) in [5, 5.41) is 3.25. The molecule has 1 saturated heterocycles. The lowest BCUT2D eigenvalue weighted by atomic mass is 9.83. The third kappa shape index (κ3) is 3.31. The van der Waals surface area contributed by atoms with Crippen molar-refractivity contribution in [3.8, 4) is 0 Å². The number of rotatable bonds is 4. The van der Waals surface area contributed by atoms with Gasteiger partial charge in [-0.05, 0) is 36.2 Å². The number of amides is 3. The number of nitrogens with zero attached hydrogens (tertiary/aromatic N) is 2. The Hall–Kier alpha value is -3.12. The van der Waals surface area contributed by atoms with Crippen LogP contribution in [0.4, 0.5) is 10.5 Å². The first-order valence-corrected chi connectivity index (χ1v) is 10.4. The molecule has 7 heteroatoms. The van der Waals surface area contributed by atoms with Crippen molar-refractivity contribution in [2.24, 2.45) is 0 Å². The van der Waals surface area contributed by atoms with E-state index in [0.717, 1.165) is 21.8 Å². The number of urea groups is 1. The van der Waals surface area contributed by atoms with Crippen LogP contribution in [-0.4, -0.2) is 36.2 Å². The number of ketones is 1. The van der Waals surface area contributed by atoms with Gasteiger partial charge in [0.05, 0.1) is 6.54 Å². The fraction of sp³-hybridized carbons (Fsp3) is 0.292. The van der Waals surface area contributed by atoms with Gasteiger partial charge in [0.25, 0.3) is 5.91 Å². The van der Waals surface area contributed by atoms with E-state index in [9.17, 15) is 14.4 Å². The number of allylic oxidation sites excluding steroid dienone is 1. The molecule has 4 rings (SSSR count). The van der Waals surface area contributed by atoms with Gasteiger partial charge < -0.3 is 10.2 Å². The van der Waals surface area contributed by atoms with Crippen LogP contribution in [0.3, 0.4) is 0 Å². The standard InChI is InChI=1S/C24H24ClN3O3/c1-23(2)18-7-5-6-8-19(18)27(4)20(23)13-17(29)14-28-21(30)24(3,26-22(28)31)15-9-11-16(25)12-10-15/h5-13H,14H2,1-4H3,(H,26,31). The molecular formula is C24H24ClN3O3. The first kappa shape index (κ1) is 21.1. The molecule has 3 amide bonds. The van der Waals surface area contributed by atoms with Crippen molar-refractivity contribution in [3.05, 3.63) is 76.5 Å². The van der Waals surface area contributed by atoms with Gasteiger partial charge in [-0.25, -0.2) is 4.79 Å². The maximum Gasteiger partial charge on any atom is 0.325 e. The van der Waals surface area contributed by atoms with E-state index >= 15 is 0 Å². The molecule has 2 aliphatic heterocycles. The highest BCUT2D eigenvalue weighted by atomic mass is 35.5. The molecule has 2 heterocycles. The Balaban J connectivity index is 1.57.